The molecule has 2 N–H and O–H groups in total. The van der Waals surface area contributed by atoms with E-state index in [1.165, 1.54) is 0 Å². The van der Waals surface area contributed by atoms with E-state index in [1.54, 1.807) is 0 Å². The summed E-state index contributed by atoms with van der Waals surface area (Å²) in [6, 6.07) is 10.00. The van der Waals surface area contributed by atoms with Gasteiger partial charge in [0.1, 0.15) is 0 Å². The van der Waals surface area contributed by atoms with Gasteiger partial charge in [0.2, 0.25) is 11.0 Å². The normalized spacial score (nSPS) is 11.9. The second kappa shape index (κ2) is 9.14. The minimum Gasteiger partial charge on any atom is -0.330 e. The molecule has 0 aliphatic rings. The Morgan fingerprint density at radius 2 is 1.52 bits per heavy atom. The number of benzene rings is 2. The van der Waals surface area contributed by atoms with E-state index in [1.807, 2.05) is 30.3 Å². The number of para-hydroxylation sites is 1. The van der Waals surface area contributed by atoms with Crippen molar-refractivity contribution >= 4 is 45.5 Å². The van der Waals surface area contributed by atoms with Crippen molar-refractivity contribution in [2.24, 2.45) is 0 Å². The van der Waals surface area contributed by atoms with Crippen LogP contribution in [0.25, 0.3) is 0 Å². The molecule has 0 unspecified atom stereocenters. The van der Waals surface area contributed by atoms with Crippen LogP contribution >= 0.6 is 23.1 Å². The van der Waals surface area contributed by atoms with E-state index in [0.717, 1.165) is 28.8 Å². The van der Waals surface area contributed by atoms with Crippen molar-refractivity contribution in [3.8, 4) is 0 Å². The molecule has 5 nitrogen and oxygen atoms in total. The number of carbonyl (C=O) groups excluding carboxylic acids is 1. The van der Waals surface area contributed by atoms with Crippen LogP contribution in [0, 0.1) is 0 Å². The maximum atomic E-state index is 12.9. The number of nitrogens with one attached hydrogen (secondary N) is 2. The van der Waals surface area contributed by atoms with Gasteiger partial charge in [-0.05, 0) is 30.3 Å². The highest BCUT2D eigenvalue weighted by atomic mass is 32.2. The maximum Gasteiger partial charge on any atom is 0.416 e. The van der Waals surface area contributed by atoms with Crippen LogP contribution < -0.4 is 10.6 Å². The van der Waals surface area contributed by atoms with E-state index in [0.29, 0.717) is 21.6 Å². The van der Waals surface area contributed by atoms with Gasteiger partial charge in [-0.2, -0.15) is 26.3 Å². The van der Waals surface area contributed by atoms with Gasteiger partial charge >= 0.3 is 12.4 Å². The molecule has 13 heteroatoms. The predicted octanol–water partition coefficient (Wildman–Crippen LogP) is 6.05. The number of hydrogen-bond donors (Lipinski definition) is 2. The Hall–Kier alpha value is -2.80. The minimum atomic E-state index is -5.00. The summed E-state index contributed by atoms with van der Waals surface area (Å²) in [4.78, 5) is 12.1. The zero-order valence-electron chi connectivity index (χ0n) is 15.2. The zero-order valence-corrected chi connectivity index (χ0v) is 16.8. The molecule has 0 atom stereocenters. The molecule has 0 radical (unpaired) electrons. The van der Waals surface area contributed by atoms with Crippen molar-refractivity contribution < 1.29 is 31.1 Å². The Balaban J connectivity index is 1.63. The van der Waals surface area contributed by atoms with Gasteiger partial charge in [0.25, 0.3) is 0 Å². The highest BCUT2D eigenvalue weighted by molar-refractivity contribution is 8.01. The number of rotatable bonds is 6. The molecule has 0 spiro atoms. The van der Waals surface area contributed by atoms with Gasteiger partial charge in [0, 0.05) is 11.4 Å². The van der Waals surface area contributed by atoms with Crippen LogP contribution in [-0.4, -0.2) is 21.9 Å². The van der Waals surface area contributed by atoms with Crippen molar-refractivity contribution in [3.05, 3.63) is 59.7 Å². The molecule has 1 heterocycles. The van der Waals surface area contributed by atoms with Gasteiger partial charge < -0.3 is 10.6 Å². The first kappa shape index (κ1) is 22.9. The highest BCUT2D eigenvalue weighted by Crippen LogP contribution is 2.37. The number of hydrogen-bond acceptors (Lipinski definition) is 6. The Morgan fingerprint density at radius 3 is 2.10 bits per heavy atom. The molecule has 0 fully saturated rings. The van der Waals surface area contributed by atoms with Gasteiger partial charge in [-0.3, -0.25) is 4.79 Å². The van der Waals surface area contributed by atoms with E-state index in [9.17, 15) is 31.1 Å². The summed E-state index contributed by atoms with van der Waals surface area (Å²) < 4.78 is 77.8. The molecule has 0 saturated heterocycles. The number of nitrogens with zero attached hydrogens (tertiary/aromatic N) is 2. The lowest BCUT2D eigenvalue weighted by atomic mass is 10.1. The lowest BCUT2D eigenvalue weighted by Gasteiger charge is -2.14. The molecule has 0 saturated carbocycles. The van der Waals surface area contributed by atoms with Crippen LogP contribution in [0.3, 0.4) is 0 Å². The van der Waals surface area contributed by atoms with Crippen molar-refractivity contribution in [3.63, 3.8) is 0 Å². The third-order valence-electron chi connectivity index (χ3n) is 3.63. The summed E-state index contributed by atoms with van der Waals surface area (Å²) in [5, 5.41) is 13.3. The average molecular weight is 478 g/mol. The van der Waals surface area contributed by atoms with Crippen LogP contribution in [0.1, 0.15) is 11.1 Å². The molecule has 31 heavy (non-hydrogen) atoms. The lowest BCUT2D eigenvalue weighted by Crippen LogP contribution is -2.17. The monoisotopic (exact) mass is 478 g/mol. The van der Waals surface area contributed by atoms with Crippen LogP contribution in [0.5, 0.6) is 0 Å². The van der Waals surface area contributed by atoms with E-state index < -0.39 is 35.1 Å². The Labute approximate surface area is 179 Å². The molecule has 164 valence electrons. The van der Waals surface area contributed by atoms with Crippen molar-refractivity contribution in [1.82, 2.24) is 10.2 Å². The summed E-state index contributed by atoms with van der Waals surface area (Å²) in [7, 11) is 0. The Bertz CT molecular complexity index is 1020. The van der Waals surface area contributed by atoms with Gasteiger partial charge in [-0.25, -0.2) is 0 Å². The predicted molar refractivity (Wildman–Crippen MR) is 105 cm³/mol. The lowest BCUT2D eigenvalue weighted by molar-refractivity contribution is -0.143. The third kappa shape index (κ3) is 6.59. The first-order valence-corrected chi connectivity index (χ1v) is 10.2. The molecule has 1 aromatic heterocycles. The van der Waals surface area contributed by atoms with E-state index in [-0.39, 0.29) is 11.8 Å². The van der Waals surface area contributed by atoms with Gasteiger partial charge in [-0.1, -0.05) is 41.3 Å². The van der Waals surface area contributed by atoms with Gasteiger partial charge in [0.15, 0.2) is 4.34 Å². The summed E-state index contributed by atoms with van der Waals surface area (Å²) in [5.74, 6) is -1.07. The fraction of sp³-hybridized carbons (Fsp3) is 0.167. The number of amides is 1. The second-order valence-corrected chi connectivity index (χ2v) is 8.20. The molecule has 1 amide bonds. The molecule has 2 aromatic carbocycles. The fourth-order valence-electron chi connectivity index (χ4n) is 2.32. The van der Waals surface area contributed by atoms with E-state index >= 15 is 0 Å². The van der Waals surface area contributed by atoms with Gasteiger partial charge in [-0.15, -0.1) is 10.2 Å². The summed E-state index contributed by atoms with van der Waals surface area (Å²) in [5.41, 5.74) is -2.84. The van der Waals surface area contributed by atoms with E-state index in [4.69, 9.17) is 0 Å². The fourth-order valence-corrected chi connectivity index (χ4v) is 3.89. The first-order chi connectivity index (χ1) is 14.5. The highest BCUT2D eigenvalue weighted by Gasteiger charge is 2.37. The quantitative estimate of drug-likeness (QED) is 0.334. The van der Waals surface area contributed by atoms with Crippen LogP contribution in [-0.2, 0) is 17.1 Å². The number of halogens is 6. The molecule has 0 aliphatic heterocycles. The van der Waals surface area contributed by atoms with Crippen LogP contribution in [0.2, 0.25) is 0 Å². The first-order valence-electron chi connectivity index (χ1n) is 8.38. The van der Waals surface area contributed by atoms with Crippen molar-refractivity contribution in [2.45, 2.75) is 16.7 Å². The summed E-state index contributed by atoms with van der Waals surface area (Å²) in [6.07, 6.45) is -9.99. The summed E-state index contributed by atoms with van der Waals surface area (Å²) >= 11 is 2.09. The molecular weight excluding hydrogens is 466 g/mol. The Morgan fingerprint density at radius 1 is 0.903 bits per heavy atom. The maximum absolute atomic E-state index is 12.9. The van der Waals surface area contributed by atoms with Gasteiger partial charge in [0.05, 0.1) is 16.9 Å². The molecule has 3 rings (SSSR count). The Kier molecular flexibility index (Phi) is 6.74. The third-order valence-corrected chi connectivity index (χ3v) is 5.60. The van der Waals surface area contributed by atoms with E-state index in [2.05, 4.69) is 20.8 Å². The van der Waals surface area contributed by atoms with Crippen LogP contribution in [0.4, 0.5) is 42.8 Å². The van der Waals surface area contributed by atoms with Crippen molar-refractivity contribution in [1.29, 1.82) is 0 Å². The largest absolute Gasteiger partial charge is 0.416 e. The SMILES string of the molecule is O=C(CSc1nnc(Nc2ccccc2)s1)Nc1cc(C(F)(F)F)cc(C(F)(F)F)c1. The molecule has 0 aliphatic carbocycles. The number of anilines is 3. The second-order valence-electron chi connectivity index (χ2n) is 6.00. The standard InChI is InChI=1S/C18H12F6N4OS2/c19-17(20,21)10-6-11(18(22,23)24)8-13(7-10)25-14(29)9-30-16-28-27-15(31-16)26-12-4-2-1-3-5-12/h1-8H,9H2,(H,25,29)(H,26,27). The number of carbonyl (C=O) groups is 1. The summed E-state index contributed by atoms with van der Waals surface area (Å²) in [6.45, 7) is 0. The number of alkyl halides is 6. The topological polar surface area (TPSA) is 66.9 Å². The average Bonchev–Trinajstić information content (AvgIpc) is 3.13. The number of thioether (sulfide) groups is 1. The zero-order chi connectivity index (χ0) is 22.6. The number of aromatic nitrogens is 2. The molecular formula is C18H12F6N4OS2. The minimum absolute atomic E-state index is 0.00703. The molecule has 0 bridgehead atoms. The van der Waals surface area contributed by atoms with Crippen LogP contribution in [0.15, 0.2) is 52.9 Å². The van der Waals surface area contributed by atoms with Crippen molar-refractivity contribution in [2.75, 3.05) is 16.4 Å². The smallest absolute Gasteiger partial charge is 0.330 e. The molecule has 3 aromatic rings.